The smallest absolute Gasteiger partial charge is 0.339 e. The molecule has 0 amide bonds. The number of aromatic carboxylic acids is 1. The van der Waals surface area contributed by atoms with Gasteiger partial charge in [0.1, 0.15) is 12.2 Å². The lowest BCUT2D eigenvalue weighted by Gasteiger charge is -2.12. The van der Waals surface area contributed by atoms with Crippen LogP contribution in [0.5, 0.6) is 5.75 Å². The first-order chi connectivity index (χ1) is 9.52. The summed E-state index contributed by atoms with van der Waals surface area (Å²) in [6.45, 7) is 2.90. The molecular formula is C13H12Cl2N2O3. The summed E-state index contributed by atoms with van der Waals surface area (Å²) in [5.74, 6) is -1.04. The zero-order chi connectivity index (χ0) is 14.7. The van der Waals surface area contributed by atoms with Crippen molar-refractivity contribution < 1.29 is 14.6 Å². The van der Waals surface area contributed by atoms with Gasteiger partial charge < -0.3 is 14.4 Å². The number of aryl methyl sites for hydroxylation is 1. The number of hydrogen-bond donors (Lipinski definition) is 1. The minimum atomic E-state index is -1.15. The number of imidazole rings is 1. The van der Waals surface area contributed by atoms with E-state index in [4.69, 9.17) is 33.0 Å². The number of carbonyl (C=O) groups is 1. The van der Waals surface area contributed by atoms with Gasteiger partial charge in [0, 0.05) is 11.6 Å². The molecule has 5 nitrogen and oxygen atoms in total. The molecule has 0 fully saturated rings. The lowest BCUT2D eigenvalue weighted by Crippen LogP contribution is -2.07. The SMILES string of the molecule is CCn1cncc1COc1c(Cl)cc(Cl)cc1C(=O)O. The van der Waals surface area contributed by atoms with Crippen molar-refractivity contribution in [3.05, 3.63) is 46.0 Å². The van der Waals surface area contributed by atoms with Gasteiger partial charge in [-0.05, 0) is 19.1 Å². The van der Waals surface area contributed by atoms with E-state index in [-0.39, 0.29) is 28.0 Å². The molecule has 1 aromatic heterocycles. The first-order valence-electron chi connectivity index (χ1n) is 5.87. The Morgan fingerprint density at radius 2 is 2.20 bits per heavy atom. The summed E-state index contributed by atoms with van der Waals surface area (Å²) < 4.78 is 7.43. The van der Waals surface area contributed by atoms with Gasteiger partial charge >= 0.3 is 5.97 Å². The summed E-state index contributed by atoms with van der Waals surface area (Å²) in [6, 6.07) is 2.75. The Balaban J connectivity index is 2.27. The van der Waals surface area contributed by atoms with Crippen molar-refractivity contribution in [2.24, 2.45) is 0 Å². The molecule has 0 atom stereocenters. The van der Waals surface area contributed by atoms with Crippen molar-refractivity contribution in [1.82, 2.24) is 9.55 Å². The van der Waals surface area contributed by atoms with Gasteiger partial charge in [0.25, 0.3) is 0 Å². The zero-order valence-corrected chi connectivity index (χ0v) is 12.1. The van der Waals surface area contributed by atoms with Crippen molar-refractivity contribution >= 4 is 29.2 Å². The summed E-state index contributed by atoms with van der Waals surface area (Å²) >= 11 is 11.8. The standard InChI is InChI=1S/C13H12Cl2N2O3/c1-2-17-7-16-5-9(17)6-20-12-10(13(18)19)3-8(14)4-11(12)15/h3-5,7H,2,6H2,1H3,(H,18,19). The molecule has 0 aliphatic rings. The van der Waals surface area contributed by atoms with Gasteiger partial charge in [-0.25, -0.2) is 9.78 Å². The number of ether oxygens (including phenoxy) is 1. The average molecular weight is 315 g/mol. The molecular weight excluding hydrogens is 303 g/mol. The van der Waals surface area contributed by atoms with E-state index in [1.54, 1.807) is 12.5 Å². The molecule has 1 N–H and O–H groups in total. The minimum absolute atomic E-state index is 0.0648. The van der Waals surface area contributed by atoms with Crippen LogP contribution in [0, 0.1) is 0 Å². The maximum absolute atomic E-state index is 11.2. The molecule has 106 valence electrons. The maximum Gasteiger partial charge on any atom is 0.339 e. The Morgan fingerprint density at radius 3 is 2.85 bits per heavy atom. The van der Waals surface area contributed by atoms with Crippen LogP contribution in [0.4, 0.5) is 0 Å². The molecule has 2 rings (SSSR count). The second-order valence-corrected chi connectivity index (χ2v) is 4.87. The van der Waals surface area contributed by atoms with E-state index in [9.17, 15) is 4.79 Å². The summed E-state index contributed by atoms with van der Waals surface area (Å²) in [5.41, 5.74) is 0.764. The third-order valence-electron chi connectivity index (χ3n) is 2.74. The molecule has 0 aliphatic heterocycles. The molecule has 0 saturated carbocycles. The van der Waals surface area contributed by atoms with Crippen LogP contribution in [0.25, 0.3) is 0 Å². The van der Waals surface area contributed by atoms with Crippen LogP contribution in [0.1, 0.15) is 23.0 Å². The van der Waals surface area contributed by atoms with Crippen LogP contribution >= 0.6 is 23.2 Å². The van der Waals surface area contributed by atoms with E-state index >= 15 is 0 Å². The van der Waals surface area contributed by atoms with Gasteiger partial charge in [0.05, 0.1) is 23.2 Å². The fourth-order valence-electron chi connectivity index (χ4n) is 1.77. The van der Waals surface area contributed by atoms with E-state index in [0.717, 1.165) is 12.2 Å². The number of rotatable bonds is 5. The molecule has 0 radical (unpaired) electrons. The fraction of sp³-hybridized carbons (Fsp3) is 0.231. The largest absolute Gasteiger partial charge is 0.485 e. The molecule has 2 aromatic rings. The summed E-state index contributed by atoms with van der Waals surface area (Å²) in [5, 5.41) is 9.57. The first kappa shape index (κ1) is 14.7. The Hall–Kier alpha value is -1.72. The number of benzene rings is 1. The monoisotopic (exact) mass is 314 g/mol. The van der Waals surface area contributed by atoms with E-state index in [1.807, 2.05) is 11.5 Å². The molecule has 0 saturated heterocycles. The van der Waals surface area contributed by atoms with Gasteiger partial charge in [-0.15, -0.1) is 0 Å². The van der Waals surface area contributed by atoms with Crippen molar-refractivity contribution in [2.75, 3.05) is 0 Å². The normalized spacial score (nSPS) is 10.6. The number of hydrogen-bond acceptors (Lipinski definition) is 3. The van der Waals surface area contributed by atoms with Gasteiger partial charge in [0.15, 0.2) is 5.75 Å². The number of carboxylic acid groups (broad SMARTS) is 1. The molecule has 1 heterocycles. The molecule has 7 heteroatoms. The molecule has 0 unspecified atom stereocenters. The highest BCUT2D eigenvalue weighted by Gasteiger charge is 2.17. The molecule has 0 spiro atoms. The molecule has 0 aliphatic carbocycles. The van der Waals surface area contributed by atoms with Crippen LogP contribution in [-0.4, -0.2) is 20.6 Å². The Morgan fingerprint density at radius 1 is 1.45 bits per heavy atom. The van der Waals surface area contributed by atoms with Crippen molar-refractivity contribution in [3.8, 4) is 5.75 Å². The number of nitrogens with zero attached hydrogens (tertiary/aromatic N) is 2. The second-order valence-electron chi connectivity index (χ2n) is 4.03. The van der Waals surface area contributed by atoms with Crippen LogP contribution in [0.3, 0.4) is 0 Å². The number of halogens is 2. The molecule has 20 heavy (non-hydrogen) atoms. The van der Waals surface area contributed by atoms with Crippen LogP contribution in [-0.2, 0) is 13.2 Å². The van der Waals surface area contributed by atoms with E-state index < -0.39 is 5.97 Å². The number of carboxylic acids is 1. The first-order valence-corrected chi connectivity index (χ1v) is 6.62. The van der Waals surface area contributed by atoms with Crippen molar-refractivity contribution in [1.29, 1.82) is 0 Å². The van der Waals surface area contributed by atoms with E-state index in [0.29, 0.717) is 0 Å². The van der Waals surface area contributed by atoms with Gasteiger partial charge in [0.2, 0.25) is 0 Å². The third-order valence-corrected chi connectivity index (χ3v) is 3.24. The quantitative estimate of drug-likeness (QED) is 0.917. The van der Waals surface area contributed by atoms with Gasteiger partial charge in [-0.2, -0.15) is 0 Å². The Bertz CT molecular complexity index is 641. The van der Waals surface area contributed by atoms with Gasteiger partial charge in [-0.1, -0.05) is 23.2 Å². The second kappa shape index (κ2) is 6.15. The van der Waals surface area contributed by atoms with E-state index in [1.165, 1.54) is 12.1 Å². The highest BCUT2D eigenvalue weighted by atomic mass is 35.5. The van der Waals surface area contributed by atoms with Crippen LogP contribution in [0.2, 0.25) is 10.0 Å². The van der Waals surface area contributed by atoms with Crippen LogP contribution < -0.4 is 4.74 Å². The summed E-state index contributed by atoms with van der Waals surface area (Å²) in [4.78, 5) is 15.2. The van der Waals surface area contributed by atoms with Crippen molar-refractivity contribution in [3.63, 3.8) is 0 Å². The minimum Gasteiger partial charge on any atom is -0.485 e. The van der Waals surface area contributed by atoms with Gasteiger partial charge in [-0.3, -0.25) is 0 Å². The lowest BCUT2D eigenvalue weighted by molar-refractivity contribution is 0.0691. The Kier molecular flexibility index (Phi) is 4.52. The maximum atomic E-state index is 11.2. The third kappa shape index (κ3) is 3.05. The van der Waals surface area contributed by atoms with Crippen LogP contribution in [0.15, 0.2) is 24.7 Å². The Labute approximate surface area is 125 Å². The summed E-state index contributed by atoms with van der Waals surface area (Å²) in [7, 11) is 0. The zero-order valence-electron chi connectivity index (χ0n) is 10.6. The lowest BCUT2D eigenvalue weighted by atomic mass is 10.2. The highest BCUT2D eigenvalue weighted by Crippen LogP contribution is 2.33. The van der Waals surface area contributed by atoms with Crippen molar-refractivity contribution in [2.45, 2.75) is 20.1 Å². The van der Waals surface area contributed by atoms with E-state index in [2.05, 4.69) is 4.98 Å². The molecule has 1 aromatic carbocycles. The predicted octanol–water partition coefficient (Wildman–Crippen LogP) is 3.49. The highest BCUT2D eigenvalue weighted by molar-refractivity contribution is 6.36. The predicted molar refractivity (Wildman–Crippen MR) is 75.7 cm³/mol. The number of aromatic nitrogens is 2. The fourth-order valence-corrected chi connectivity index (χ4v) is 2.31. The average Bonchev–Trinajstić information content (AvgIpc) is 2.84. The topological polar surface area (TPSA) is 64.4 Å². The molecule has 0 bridgehead atoms. The summed E-state index contributed by atoms with van der Waals surface area (Å²) in [6.07, 6.45) is 3.34.